The maximum Gasteiger partial charge on any atom is 0.201 e. The van der Waals surface area contributed by atoms with E-state index in [1.165, 1.54) is 12.8 Å². The first-order chi connectivity index (χ1) is 7.70. The molecule has 1 aromatic carbocycles. The summed E-state index contributed by atoms with van der Waals surface area (Å²) in [6.07, 6.45) is 2.47. The largest absolute Gasteiger partial charge is 0.399 e. The normalized spacial score (nSPS) is 24.3. The number of imidazole rings is 1. The van der Waals surface area contributed by atoms with Crippen LogP contribution in [0.3, 0.4) is 0 Å². The predicted molar refractivity (Wildman–Crippen MR) is 66.3 cm³/mol. The molecule has 3 rings (SSSR count). The summed E-state index contributed by atoms with van der Waals surface area (Å²) < 4.78 is 0. The maximum absolute atomic E-state index is 5.72. The Labute approximate surface area is 94.3 Å². The van der Waals surface area contributed by atoms with Crippen LogP contribution in [0.1, 0.15) is 19.8 Å². The first-order valence-corrected chi connectivity index (χ1v) is 5.72. The molecule has 1 aliphatic carbocycles. The third-order valence-corrected chi connectivity index (χ3v) is 3.22. The number of rotatable bonds is 2. The molecule has 1 aliphatic rings. The number of aromatic amines is 1. The molecule has 84 valence electrons. The number of fused-ring (bicyclic) bond motifs is 1. The van der Waals surface area contributed by atoms with E-state index in [0.29, 0.717) is 6.04 Å². The van der Waals surface area contributed by atoms with Gasteiger partial charge in [0.25, 0.3) is 0 Å². The van der Waals surface area contributed by atoms with Crippen LogP contribution in [-0.2, 0) is 0 Å². The smallest absolute Gasteiger partial charge is 0.201 e. The number of hydrogen-bond donors (Lipinski definition) is 3. The van der Waals surface area contributed by atoms with Gasteiger partial charge in [0, 0.05) is 11.7 Å². The van der Waals surface area contributed by atoms with Crippen molar-refractivity contribution in [3.8, 4) is 0 Å². The number of H-pyrrole nitrogens is 1. The van der Waals surface area contributed by atoms with E-state index in [1.807, 2.05) is 18.2 Å². The van der Waals surface area contributed by atoms with Crippen molar-refractivity contribution in [1.29, 1.82) is 0 Å². The van der Waals surface area contributed by atoms with E-state index in [0.717, 1.165) is 28.6 Å². The molecule has 0 atom stereocenters. The molecule has 0 amide bonds. The molecule has 0 spiro atoms. The van der Waals surface area contributed by atoms with Gasteiger partial charge in [-0.15, -0.1) is 0 Å². The Balaban J connectivity index is 1.82. The minimum atomic E-state index is 0.577. The van der Waals surface area contributed by atoms with Gasteiger partial charge >= 0.3 is 0 Å². The van der Waals surface area contributed by atoms with Crippen molar-refractivity contribution >= 4 is 22.7 Å². The second-order valence-corrected chi connectivity index (χ2v) is 4.78. The number of nitrogens with two attached hydrogens (primary N) is 1. The SMILES string of the molecule is CC1CC(Nc2nc3ccc(N)cc3[nH]2)C1. The highest BCUT2D eigenvalue weighted by atomic mass is 15.1. The van der Waals surface area contributed by atoms with Crippen molar-refractivity contribution in [2.45, 2.75) is 25.8 Å². The van der Waals surface area contributed by atoms with Crippen LogP contribution in [0.4, 0.5) is 11.6 Å². The Morgan fingerprint density at radius 2 is 2.25 bits per heavy atom. The lowest BCUT2D eigenvalue weighted by Gasteiger charge is -2.33. The van der Waals surface area contributed by atoms with Crippen LogP contribution in [0.15, 0.2) is 18.2 Å². The van der Waals surface area contributed by atoms with Gasteiger partial charge in [-0.3, -0.25) is 0 Å². The molecule has 4 N–H and O–H groups in total. The fraction of sp³-hybridized carbons (Fsp3) is 0.417. The lowest BCUT2D eigenvalue weighted by atomic mass is 9.82. The highest BCUT2D eigenvalue weighted by molar-refractivity contribution is 5.80. The molecule has 16 heavy (non-hydrogen) atoms. The first kappa shape index (κ1) is 9.51. The van der Waals surface area contributed by atoms with E-state index < -0.39 is 0 Å². The van der Waals surface area contributed by atoms with E-state index in [-0.39, 0.29) is 0 Å². The molecule has 2 aromatic rings. The molecule has 4 nitrogen and oxygen atoms in total. The van der Waals surface area contributed by atoms with Crippen LogP contribution in [0, 0.1) is 5.92 Å². The van der Waals surface area contributed by atoms with Gasteiger partial charge < -0.3 is 16.0 Å². The molecule has 0 unspecified atom stereocenters. The number of nitrogens with one attached hydrogen (secondary N) is 2. The van der Waals surface area contributed by atoms with Crippen molar-refractivity contribution in [3.05, 3.63) is 18.2 Å². The van der Waals surface area contributed by atoms with Gasteiger partial charge in [-0.05, 0) is 37.0 Å². The third-order valence-electron chi connectivity index (χ3n) is 3.22. The summed E-state index contributed by atoms with van der Waals surface area (Å²) in [5, 5.41) is 3.41. The quantitative estimate of drug-likeness (QED) is 0.675. The maximum atomic E-state index is 5.72. The van der Waals surface area contributed by atoms with Crippen LogP contribution < -0.4 is 11.1 Å². The molecule has 0 saturated heterocycles. The topological polar surface area (TPSA) is 66.7 Å². The second-order valence-electron chi connectivity index (χ2n) is 4.78. The summed E-state index contributed by atoms with van der Waals surface area (Å²) in [5.41, 5.74) is 8.44. The summed E-state index contributed by atoms with van der Waals surface area (Å²) in [6, 6.07) is 6.30. The fourth-order valence-corrected chi connectivity index (χ4v) is 2.31. The summed E-state index contributed by atoms with van der Waals surface area (Å²) in [4.78, 5) is 7.73. The number of benzene rings is 1. The Bertz CT molecular complexity index is 511. The van der Waals surface area contributed by atoms with Gasteiger partial charge in [-0.1, -0.05) is 6.92 Å². The van der Waals surface area contributed by atoms with Crippen LogP contribution in [0.25, 0.3) is 11.0 Å². The number of hydrogen-bond acceptors (Lipinski definition) is 3. The standard InChI is InChI=1S/C12H16N4/c1-7-4-9(5-7)14-12-15-10-3-2-8(13)6-11(10)16-12/h2-3,6-7,9H,4-5,13H2,1H3,(H2,14,15,16). The lowest BCUT2D eigenvalue weighted by molar-refractivity contribution is 0.308. The van der Waals surface area contributed by atoms with Crippen molar-refractivity contribution in [2.75, 3.05) is 11.1 Å². The highest BCUT2D eigenvalue weighted by Crippen LogP contribution is 2.29. The monoisotopic (exact) mass is 216 g/mol. The third kappa shape index (κ3) is 1.60. The minimum absolute atomic E-state index is 0.577. The van der Waals surface area contributed by atoms with Crippen LogP contribution in [0.2, 0.25) is 0 Å². The zero-order valence-electron chi connectivity index (χ0n) is 9.33. The van der Waals surface area contributed by atoms with E-state index >= 15 is 0 Å². The van der Waals surface area contributed by atoms with Crippen LogP contribution in [0.5, 0.6) is 0 Å². The second kappa shape index (κ2) is 3.40. The summed E-state index contributed by atoms with van der Waals surface area (Å²) >= 11 is 0. The molecule has 1 saturated carbocycles. The molecule has 0 radical (unpaired) electrons. The van der Waals surface area contributed by atoms with Crippen LogP contribution in [-0.4, -0.2) is 16.0 Å². The molecule has 1 aromatic heterocycles. The van der Waals surface area contributed by atoms with Gasteiger partial charge in [-0.25, -0.2) is 4.98 Å². The average Bonchev–Trinajstić information content (AvgIpc) is 2.57. The summed E-state index contributed by atoms with van der Waals surface area (Å²) in [6.45, 7) is 2.28. The van der Waals surface area contributed by atoms with E-state index in [1.54, 1.807) is 0 Å². The Hall–Kier alpha value is -1.71. The molecular formula is C12H16N4. The van der Waals surface area contributed by atoms with Gasteiger partial charge in [0.1, 0.15) is 0 Å². The van der Waals surface area contributed by atoms with Crippen molar-refractivity contribution < 1.29 is 0 Å². The van der Waals surface area contributed by atoms with Gasteiger partial charge in [-0.2, -0.15) is 0 Å². The van der Waals surface area contributed by atoms with Crippen LogP contribution >= 0.6 is 0 Å². The molecule has 1 fully saturated rings. The van der Waals surface area contributed by atoms with Crippen molar-refractivity contribution in [2.24, 2.45) is 5.92 Å². The highest BCUT2D eigenvalue weighted by Gasteiger charge is 2.25. The molecule has 1 heterocycles. The van der Waals surface area contributed by atoms with E-state index in [4.69, 9.17) is 5.73 Å². The number of anilines is 2. The average molecular weight is 216 g/mol. The fourth-order valence-electron chi connectivity index (χ4n) is 2.31. The Morgan fingerprint density at radius 1 is 1.44 bits per heavy atom. The van der Waals surface area contributed by atoms with E-state index in [9.17, 15) is 0 Å². The van der Waals surface area contributed by atoms with Gasteiger partial charge in [0.2, 0.25) is 5.95 Å². The summed E-state index contributed by atoms with van der Waals surface area (Å²) in [7, 11) is 0. The molecule has 4 heteroatoms. The zero-order chi connectivity index (χ0) is 11.1. The predicted octanol–water partition coefficient (Wildman–Crippen LogP) is 2.36. The van der Waals surface area contributed by atoms with Crippen molar-refractivity contribution in [1.82, 2.24) is 9.97 Å². The van der Waals surface area contributed by atoms with Gasteiger partial charge in [0.05, 0.1) is 11.0 Å². The van der Waals surface area contributed by atoms with Crippen molar-refractivity contribution in [3.63, 3.8) is 0 Å². The summed E-state index contributed by atoms with van der Waals surface area (Å²) in [5.74, 6) is 1.70. The lowest BCUT2D eigenvalue weighted by Crippen LogP contribution is -2.34. The number of nitrogens with zero attached hydrogens (tertiary/aromatic N) is 1. The minimum Gasteiger partial charge on any atom is -0.399 e. The van der Waals surface area contributed by atoms with E-state index in [2.05, 4.69) is 22.2 Å². The Morgan fingerprint density at radius 3 is 3.00 bits per heavy atom. The van der Waals surface area contributed by atoms with Gasteiger partial charge in [0.15, 0.2) is 0 Å². The Kier molecular flexibility index (Phi) is 2.02. The molecule has 0 aliphatic heterocycles. The number of nitrogen functional groups attached to an aromatic ring is 1. The number of aromatic nitrogens is 2. The molecule has 0 bridgehead atoms. The first-order valence-electron chi connectivity index (χ1n) is 5.72. The zero-order valence-corrected chi connectivity index (χ0v) is 9.33. The molecular weight excluding hydrogens is 200 g/mol.